The zero-order valence-corrected chi connectivity index (χ0v) is 7.82. The highest BCUT2D eigenvalue weighted by Crippen LogP contribution is 2.35. The summed E-state index contributed by atoms with van der Waals surface area (Å²) in [5.41, 5.74) is 0. The average Bonchev–Trinajstić information content (AvgIpc) is 2.21. The Morgan fingerprint density at radius 3 is 2.73 bits per heavy atom. The van der Waals surface area contributed by atoms with Gasteiger partial charge in [-0.2, -0.15) is 11.8 Å². The number of ether oxygens (including phenoxy) is 2. The van der Waals surface area contributed by atoms with Crippen LogP contribution in [0.2, 0.25) is 0 Å². The second-order valence-electron chi connectivity index (χ2n) is 3.58. The number of rotatable bonds is 0. The van der Waals surface area contributed by atoms with Crippen molar-refractivity contribution in [3.05, 3.63) is 0 Å². The van der Waals surface area contributed by atoms with Crippen molar-refractivity contribution >= 4 is 11.8 Å². The zero-order chi connectivity index (χ0) is 7.90. The van der Waals surface area contributed by atoms with Crippen molar-refractivity contribution in [3.8, 4) is 0 Å². The van der Waals surface area contributed by atoms with Crippen molar-refractivity contribution in [2.45, 2.75) is 38.3 Å². The normalized spacial score (nSPS) is 42.0. The summed E-state index contributed by atoms with van der Waals surface area (Å²) in [7, 11) is 0. The molecule has 2 unspecified atom stereocenters. The van der Waals surface area contributed by atoms with Crippen molar-refractivity contribution in [2.24, 2.45) is 0 Å². The van der Waals surface area contributed by atoms with Crippen LogP contribution >= 0.6 is 11.8 Å². The summed E-state index contributed by atoms with van der Waals surface area (Å²) in [5, 5.41) is 0. The molecule has 2 fully saturated rings. The molecule has 2 saturated heterocycles. The van der Waals surface area contributed by atoms with Crippen molar-refractivity contribution in [1.29, 1.82) is 0 Å². The molecule has 0 aromatic carbocycles. The van der Waals surface area contributed by atoms with E-state index < -0.39 is 0 Å². The van der Waals surface area contributed by atoms with E-state index in [-0.39, 0.29) is 5.79 Å². The molecule has 0 aromatic rings. The van der Waals surface area contributed by atoms with Crippen LogP contribution in [0.4, 0.5) is 0 Å². The zero-order valence-electron chi connectivity index (χ0n) is 7.00. The number of hydrogen-bond acceptors (Lipinski definition) is 3. The number of thioether (sulfide) groups is 1. The third-order valence-electron chi connectivity index (χ3n) is 2.11. The molecule has 2 nitrogen and oxygen atoms in total. The summed E-state index contributed by atoms with van der Waals surface area (Å²) in [5.74, 6) is 1.99. The molecule has 2 aliphatic rings. The van der Waals surface area contributed by atoms with Crippen LogP contribution < -0.4 is 0 Å². The van der Waals surface area contributed by atoms with Crippen molar-refractivity contribution in [3.63, 3.8) is 0 Å². The molecule has 2 heterocycles. The second-order valence-corrected chi connectivity index (χ2v) is 4.73. The molecular formula is C8H14O2S. The molecule has 0 bridgehead atoms. The van der Waals surface area contributed by atoms with Crippen LogP contribution in [0.1, 0.15) is 20.3 Å². The van der Waals surface area contributed by atoms with Crippen LogP contribution in [-0.4, -0.2) is 29.5 Å². The first-order valence-electron chi connectivity index (χ1n) is 4.11. The van der Waals surface area contributed by atoms with Crippen molar-refractivity contribution in [1.82, 2.24) is 0 Å². The van der Waals surface area contributed by atoms with Crippen LogP contribution in [0.25, 0.3) is 0 Å². The number of hydrogen-bond donors (Lipinski definition) is 0. The van der Waals surface area contributed by atoms with E-state index in [2.05, 4.69) is 0 Å². The first-order chi connectivity index (χ1) is 5.17. The Hall–Kier alpha value is 0.270. The van der Waals surface area contributed by atoms with Gasteiger partial charge in [-0.05, 0) is 26.0 Å². The minimum absolute atomic E-state index is 0.333. The highest BCUT2D eigenvalue weighted by Gasteiger charge is 2.42. The van der Waals surface area contributed by atoms with Gasteiger partial charge in [0, 0.05) is 5.75 Å². The molecule has 0 aromatic heterocycles. The monoisotopic (exact) mass is 174 g/mol. The van der Waals surface area contributed by atoms with Crippen LogP contribution in [-0.2, 0) is 9.47 Å². The van der Waals surface area contributed by atoms with Crippen LogP contribution in [0.3, 0.4) is 0 Å². The van der Waals surface area contributed by atoms with Gasteiger partial charge in [-0.3, -0.25) is 0 Å². The van der Waals surface area contributed by atoms with E-state index in [1.165, 1.54) is 5.75 Å². The quantitative estimate of drug-likeness (QED) is 0.556. The van der Waals surface area contributed by atoms with Crippen molar-refractivity contribution in [2.75, 3.05) is 11.5 Å². The minimum atomic E-state index is -0.333. The lowest BCUT2D eigenvalue weighted by atomic mass is 10.2. The van der Waals surface area contributed by atoms with Gasteiger partial charge in [-0.1, -0.05) is 0 Å². The van der Waals surface area contributed by atoms with E-state index in [4.69, 9.17) is 9.47 Å². The Balaban J connectivity index is 2.03. The van der Waals surface area contributed by atoms with E-state index in [9.17, 15) is 0 Å². The largest absolute Gasteiger partial charge is 0.345 e. The van der Waals surface area contributed by atoms with E-state index in [0.717, 1.165) is 12.2 Å². The lowest BCUT2D eigenvalue weighted by Gasteiger charge is -2.20. The highest BCUT2D eigenvalue weighted by atomic mass is 32.2. The van der Waals surface area contributed by atoms with E-state index >= 15 is 0 Å². The predicted molar refractivity (Wildman–Crippen MR) is 45.8 cm³/mol. The molecule has 0 radical (unpaired) electrons. The molecule has 0 saturated carbocycles. The van der Waals surface area contributed by atoms with Gasteiger partial charge >= 0.3 is 0 Å². The third kappa shape index (κ3) is 1.55. The van der Waals surface area contributed by atoms with Crippen LogP contribution in [0.5, 0.6) is 0 Å². The summed E-state index contributed by atoms with van der Waals surface area (Å²) >= 11 is 1.97. The molecule has 2 atom stereocenters. The summed E-state index contributed by atoms with van der Waals surface area (Å²) in [6.07, 6.45) is 1.87. The third-order valence-corrected chi connectivity index (χ3v) is 3.20. The molecular weight excluding hydrogens is 160 g/mol. The molecule has 0 N–H and O–H groups in total. The van der Waals surface area contributed by atoms with Gasteiger partial charge in [0.25, 0.3) is 0 Å². The predicted octanol–water partition coefficient (Wildman–Crippen LogP) is 1.64. The van der Waals surface area contributed by atoms with Crippen molar-refractivity contribution < 1.29 is 9.47 Å². The molecule has 0 amide bonds. The molecule has 0 aliphatic carbocycles. The lowest BCUT2D eigenvalue weighted by Crippen LogP contribution is -2.29. The fourth-order valence-electron chi connectivity index (χ4n) is 1.69. The lowest BCUT2D eigenvalue weighted by molar-refractivity contribution is -0.144. The Morgan fingerprint density at radius 2 is 2.00 bits per heavy atom. The van der Waals surface area contributed by atoms with Gasteiger partial charge < -0.3 is 9.47 Å². The summed E-state index contributed by atoms with van der Waals surface area (Å²) < 4.78 is 11.4. The standard InChI is InChI=1S/C8H14O2S/c1-8(2)9-6-3-4-11-5-7(6)10-8/h6-7H,3-5H2,1-2H3. The molecule has 2 rings (SSSR count). The maximum atomic E-state index is 5.72. The Kier molecular flexibility index (Phi) is 1.90. The molecule has 3 heteroatoms. The average molecular weight is 174 g/mol. The first-order valence-corrected chi connectivity index (χ1v) is 5.26. The van der Waals surface area contributed by atoms with Gasteiger partial charge in [-0.25, -0.2) is 0 Å². The molecule has 64 valence electrons. The summed E-state index contributed by atoms with van der Waals surface area (Å²) in [4.78, 5) is 0. The fraction of sp³-hybridized carbons (Fsp3) is 1.00. The fourth-order valence-corrected chi connectivity index (χ4v) is 2.77. The first kappa shape index (κ1) is 7.90. The molecule has 2 aliphatic heterocycles. The minimum Gasteiger partial charge on any atom is -0.345 e. The summed E-state index contributed by atoms with van der Waals surface area (Å²) in [6, 6.07) is 0. The molecule has 11 heavy (non-hydrogen) atoms. The topological polar surface area (TPSA) is 18.5 Å². The van der Waals surface area contributed by atoms with E-state index in [0.29, 0.717) is 12.2 Å². The maximum absolute atomic E-state index is 5.72. The van der Waals surface area contributed by atoms with Crippen LogP contribution in [0.15, 0.2) is 0 Å². The van der Waals surface area contributed by atoms with Gasteiger partial charge in [0.2, 0.25) is 0 Å². The maximum Gasteiger partial charge on any atom is 0.163 e. The molecule has 0 spiro atoms. The number of fused-ring (bicyclic) bond motifs is 1. The Labute approximate surface area is 71.6 Å². The van der Waals surface area contributed by atoms with Gasteiger partial charge in [0.15, 0.2) is 5.79 Å². The van der Waals surface area contributed by atoms with Gasteiger partial charge in [-0.15, -0.1) is 0 Å². The van der Waals surface area contributed by atoms with Gasteiger partial charge in [0.1, 0.15) is 0 Å². The highest BCUT2D eigenvalue weighted by molar-refractivity contribution is 7.99. The SMILES string of the molecule is CC1(C)OC2CCSCC2O1. The second kappa shape index (κ2) is 2.64. The van der Waals surface area contributed by atoms with E-state index in [1.54, 1.807) is 0 Å². The summed E-state index contributed by atoms with van der Waals surface area (Å²) in [6.45, 7) is 3.99. The van der Waals surface area contributed by atoms with Gasteiger partial charge in [0.05, 0.1) is 12.2 Å². The van der Waals surface area contributed by atoms with Crippen LogP contribution in [0, 0.1) is 0 Å². The Morgan fingerprint density at radius 1 is 1.27 bits per heavy atom. The smallest absolute Gasteiger partial charge is 0.163 e. The van der Waals surface area contributed by atoms with E-state index in [1.807, 2.05) is 25.6 Å². The Bertz CT molecular complexity index is 142.